The summed E-state index contributed by atoms with van der Waals surface area (Å²) in [5, 5.41) is 2.50. The predicted octanol–water partition coefficient (Wildman–Crippen LogP) is 15.8. The lowest BCUT2D eigenvalue weighted by molar-refractivity contribution is 0.587. The largest absolute Gasteiger partial charge is 0.310 e. The van der Waals surface area contributed by atoms with Gasteiger partial charge in [0.2, 0.25) is 0 Å². The Bertz CT molecular complexity index is 3070. The molecule has 0 aliphatic heterocycles. The van der Waals surface area contributed by atoms with Crippen molar-refractivity contribution in [2.24, 2.45) is 0 Å². The van der Waals surface area contributed by atoms with E-state index in [0.717, 1.165) is 17.1 Å². The fourth-order valence-corrected chi connectivity index (χ4v) is 11.0. The van der Waals surface area contributed by atoms with E-state index in [9.17, 15) is 0 Å². The summed E-state index contributed by atoms with van der Waals surface area (Å²) in [6.07, 6.45) is 0. The van der Waals surface area contributed by atoms with Gasteiger partial charge in [-0.2, -0.15) is 0 Å². The maximum absolute atomic E-state index is 2.63. The van der Waals surface area contributed by atoms with Gasteiger partial charge in [0.1, 0.15) is 0 Å². The topological polar surface area (TPSA) is 8.17 Å². The first-order chi connectivity index (χ1) is 29.0. The number of hydrogen-bond donors (Lipinski definition) is 0. The minimum absolute atomic E-state index is 0.133. The number of hydrogen-bond acceptors (Lipinski definition) is 1. The molecule has 0 saturated carbocycles. The zero-order chi connectivity index (χ0) is 41.1. The van der Waals surface area contributed by atoms with Gasteiger partial charge in [0.25, 0.3) is 0 Å². The molecule has 9 aromatic rings. The SMILES string of the molecule is CC(C)(C)c1c2c(c(N(c3ccc(-c4ccccc4)cc3)c3ccc4c5ccccc5n(-c5ccccc5)c4c3)c3c1-c1ccccc1C3(C)C)C(C)(C)c1ccccc1-2. The van der Waals surface area contributed by atoms with E-state index in [1.807, 2.05) is 0 Å². The molecule has 1 aromatic heterocycles. The molecular formula is C58H50N2. The second-order valence-corrected chi connectivity index (χ2v) is 19.0. The van der Waals surface area contributed by atoms with Crippen LogP contribution >= 0.6 is 0 Å². The first kappa shape index (κ1) is 36.4. The van der Waals surface area contributed by atoms with Crippen LogP contribution in [0.2, 0.25) is 0 Å². The van der Waals surface area contributed by atoms with Crippen LogP contribution in [0.3, 0.4) is 0 Å². The fourth-order valence-electron chi connectivity index (χ4n) is 11.0. The number of benzene rings is 8. The van der Waals surface area contributed by atoms with Gasteiger partial charge >= 0.3 is 0 Å². The van der Waals surface area contributed by atoms with E-state index in [0.29, 0.717) is 0 Å². The predicted molar refractivity (Wildman–Crippen MR) is 255 cm³/mol. The van der Waals surface area contributed by atoms with E-state index in [2.05, 4.69) is 234 Å². The van der Waals surface area contributed by atoms with Gasteiger partial charge in [-0.25, -0.2) is 0 Å². The summed E-state index contributed by atoms with van der Waals surface area (Å²) < 4.78 is 2.45. The summed E-state index contributed by atoms with van der Waals surface area (Å²) in [5.74, 6) is 0. The molecule has 0 amide bonds. The third-order valence-corrected chi connectivity index (χ3v) is 13.6. The summed E-state index contributed by atoms with van der Waals surface area (Å²) in [7, 11) is 0. The molecule has 292 valence electrons. The fraction of sp³-hybridized carbons (Fsp3) is 0.172. The van der Waals surface area contributed by atoms with Gasteiger partial charge in [-0.15, -0.1) is 0 Å². The average molecular weight is 775 g/mol. The molecule has 0 unspecified atom stereocenters. The van der Waals surface area contributed by atoms with Gasteiger partial charge in [-0.05, 0) is 109 Å². The summed E-state index contributed by atoms with van der Waals surface area (Å²) in [6, 6.07) is 65.3. The van der Waals surface area contributed by atoms with Crippen LogP contribution in [0.25, 0.3) is 60.9 Å². The molecule has 11 rings (SSSR count). The Kier molecular flexibility index (Phi) is 7.85. The van der Waals surface area contributed by atoms with Gasteiger partial charge in [-0.1, -0.05) is 182 Å². The van der Waals surface area contributed by atoms with Crippen molar-refractivity contribution in [3.8, 4) is 39.1 Å². The zero-order valence-corrected chi connectivity index (χ0v) is 35.6. The second-order valence-electron chi connectivity index (χ2n) is 19.0. The molecular weight excluding hydrogens is 725 g/mol. The summed E-state index contributed by atoms with van der Waals surface area (Å²) in [6.45, 7) is 17.1. The smallest absolute Gasteiger partial charge is 0.0561 e. The first-order valence-corrected chi connectivity index (χ1v) is 21.5. The van der Waals surface area contributed by atoms with E-state index in [4.69, 9.17) is 0 Å². The maximum atomic E-state index is 2.63. The van der Waals surface area contributed by atoms with Crippen molar-refractivity contribution in [2.45, 2.75) is 64.7 Å². The highest BCUT2D eigenvalue weighted by Crippen LogP contribution is 2.65. The third kappa shape index (κ3) is 5.13. The van der Waals surface area contributed by atoms with Crippen molar-refractivity contribution in [1.82, 2.24) is 4.57 Å². The highest BCUT2D eigenvalue weighted by atomic mass is 15.2. The van der Waals surface area contributed by atoms with E-state index >= 15 is 0 Å². The Balaban J connectivity index is 1.31. The molecule has 2 heteroatoms. The number of rotatable bonds is 5. The van der Waals surface area contributed by atoms with Gasteiger partial charge in [-0.3, -0.25) is 0 Å². The summed E-state index contributed by atoms with van der Waals surface area (Å²) >= 11 is 0. The Morgan fingerprint density at radius 2 is 0.933 bits per heavy atom. The quantitative estimate of drug-likeness (QED) is 0.169. The van der Waals surface area contributed by atoms with E-state index < -0.39 is 0 Å². The molecule has 0 spiro atoms. The molecule has 0 radical (unpaired) electrons. The Morgan fingerprint density at radius 1 is 0.450 bits per heavy atom. The second kappa shape index (κ2) is 12.9. The third-order valence-electron chi connectivity index (χ3n) is 13.6. The molecule has 1 heterocycles. The maximum Gasteiger partial charge on any atom is 0.0561 e. The van der Waals surface area contributed by atoms with Gasteiger partial charge in [0, 0.05) is 38.7 Å². The molecule has 8 aromatic carbocycles. The summed E-state index contributed by atoms with van der Waals surface area (Å²) in [5.41, 5.74) is 21.4. The standard InChI is InChI=1S/C58H50N2/c1-56(2,3)52-50-44-25-14-17-27-46(44)57(4,5)53(50)55(54-51(52)45-26-15-18-28-47(45)58(54,6)7)59(40-32-30-38(31-33-40)37-20-10-8-11-21-37)41-34-35-43-42-24-16-19-29-48(42)60(49(43)36-41)39-22-12-9-13-23-39/h8-36H,1-7H3. The lowest BCUT2D eigenvalue weighted by atomic mass is 9.71. The van der Waals surface area contributed by atoms with E-state index in [1.165, 1.54) is 88.7 Å². The van der Waals surface area contributed by atoms with Crippen molar-refractivity contribution >= 4 is 38.9 Å². The van der Waals surface area contributed by atoms with Crippen LogP contribution < -0.4 is 4.90 Å². The minimum Gasteiger partial charge on any atom is -0.310 e. The summed E-state index contributed by atoms with van der Waals surface area (Å²) in [4.78, 5) is 2.63. The lowest BCUT2D eigenvalue weighted by Crippen LogP contribution is -2.27. The number of anilines is 3. The van der Waals surface area contributed by atoms with Crippen LogP contribution in [0.15, 0.2) is 176 Å². The number of fused-ring (bicyclic) bond motifs is 9. The van der Waals surface area contributed by atoms with Crippen molar-refractivity contribution in [1.29, 1.82) is 0 Å². The molecule has 2 aliphatic rings. The van der Waals surface area contributed by atoms with Crippen molar-refractivity contribution in [2.75, 3.05) is 4.90 Å². The molecule has 0 atom stereocenters. The van der Waals surface area contributed by atoms with Crippen LogP contribution in [-0.4, -0.2) is 4.57 Å². The van der Waals surface area contributed by atoms with Crippen molar-refractivity contribution in [3.63, 3.8) is 0 Å². The Labute approximate surface area is 354 Å². The number of aromatic nitrogens is 1. The molecule has 0 fully saturated rings. The number of nitrogens with zero attached hydrogens (tertiary/aromatic N) is 2. The minimum atomic E-state index is -0.285. The Morgan fingerprint density at radius 3 is 1.53 bits per heavy atom. The van der Waals surface area contributed by atoms with Crippen LogP contribution in [0, 0.1) is 0 Å². The molecule has 0 saturated heterocycles. The molecule has 60 heavy (non-hydrogen) atoms. The van der Waals surface area contributed by atoms with E-state index in [-0.39, 0.29) is 16.2 Å². The molecule has 2 nitrogen and oxygen atoms in total. The van der Waals surface area contributed by atoms with Gasteiger partial charge in [0.05, 0.1) is 16.7 Å². The molecule has 2 aliphatic carbocycles. The Hall–Kier alpha value is -6.64. The molecule has 0 bridgehead atoms. The van der Waals surface area contributed by atoms with Crippen molar-refractivity contribution in [3.05, 3.63) is 204 Å². The molecule has 0 N–H and O–H groups in total. The lowest BCUT2D eigenvalue weighted by Gasteiger charge is -2.39. The monoisotopic (exact) mass is 774 g/mol. The van der Waals surface area contributed by atoms with E-state index in [1.54, 1.807) is 0 Å². The van der Waals surface area contributed by atoms with Crippen molar-refractivity contribution < 1.29 is 0 Å². The number of para-hydroxylation sites is 2. The average Bonchev–Trinajstić information content (AvgIpc) is 3.81. The van der Waals surface area contributed by atoms with Crippen LogP contribution in [0.4, 0.5) is 17.1 Å². The first-order valence-electron chi connectivity index (χ1n) is 21.5. The normalized spacial score (nSPS) is 14.5. The van der Waals surface area contributed by atoms with Crippen LogP contribution in [0.1, 0.15) is 76.3 Å². The van der Waals surface area contributed by atoms with Crippen LogP contribution in [0.5, 0.6) is 0 Å². The highest BCUT2D eigenvalue weighted by molar-refractivity contribution is 6.11. The zero-order valence-electron chi connectivity index (χ0n) is 35.6. The van der Waals surface area contributed by atoms with Gasteiger partial charge in [0.15, 0.2) is 0 Å². The van der Waals surface area contributed by atoms with Gasteiger partial charge < -0.3 is 9.47 Å². The van der Waals surface area contributed by atoms with Crippen LogP contribution in [-0.2, 0) is 16.2 Å². The highest BCUT2D eigenvalue weighted by Gasteiger charge is 2.50.